The van der Waals surface area contributed by atoms with E-state index in [0.717, 1.165) is 31.2 Å². The second kappa shape index (κ2) is 8.86. The van der Waals surface area contributed by atoms with Crippen molar-refractivity contribution in [3.05, 3.63) is 64.7 Å². The summed E-state index contributed by atoms with van der Waals surface area (Å²) in [6.45, 7) is 0. The number of anilines is 1. The fourth-order valence-electron chi connectivity index (χ4n) is 3.31. The molecule has 0 spiro atoms. The Labute approximate surface area is 158 Å². The fourth-order valence-corrected chi connectivity index (χ4v) is 3.51. The van der Waals surface area contributed by atoms with Gasteiger partial charge < -0.3 is 10.6 Å². The van der Waals surface area contributed by atoms with E-state index in [-0.39, 0.29) is 24.3 Å². The Kier molecular flexibility index (Phi) is 6.29. The molecule has 4 nitrogen and oxygen atoms in total. The summed E-state index contributed by atoms with van der Waals surface area (Å²) < 4.78 is 0. The highest BCUT2D eigenvalue weighted by atomic mass is 35.5. The number of hydrogen-bond acceptors (Lipinski definition) is 2. The molecule has 0 saturated heterocycles. The summed E-state index contributed by atoms with van der Waals surface area (Å²) in [4.78, 5) is 25.0. The summed E-state index contributed by atoms with van der Waals surface area (Å²) in [7, 11) is 0. The highest BCUT2D eigenvalue weighted by Crippen LogP contribution is 2.21. The molecule has 5 heteroatoms. The van der Waals surface area contributed by atoms with E-state index in [1.807, 2.05) is 24.3 Å². The first kappa shape index (κ1) is 18.5. The first-order valence-electron chi connectivity index (χ1n) is 9.06. The van der Waals surface area contributed by atoms with Gasteiger partial charge in [0.15, 0.2) is 0 Å². The SMILES string of the molecule is O=C(Cc1ccccc1Cl)Nc1ccccc1C(=O)NC1CCCCC1. The molecule has 0 aliphatic heterocycles. The molecule has 0 radical (unpaired) electrons. The van der Waals surface area contributed by atoms with Crippen LogP contribution in [0.2, 0.25) is 5.02 Å². The maximum Gasteiger partial charge on any atom is 0.253 e. The fraction of sp³-hybridized carbons (Fsp3) is 0.333. The third kappa shape index (κ3) is 4.85. The Morgan fingerprint density at radius 3 is 2.42 bits per heavy atom. The summed E-state index contributed by atoms with van der Waals surface area (Å²) in [6, 6.07) is 14.6. The van der Waals surface area contributed by atoms with E-state index in [1.54, 1.807) is 24.3 Å². The van der Waals surface area contributed by atoms with Crippen LogP contribution in [0.15, 0.2) is 48.5 Å². The molecule has 1 aliphatic rings. The number of rotatable bonds is 5. The van der Waals surface area contributed by atoms with Crippen molar-refractivity contribution in [3.8, 4) is 0 Å². The lowest BCUT2D eigenvalue weighted by Gasteiger charge is -2.23. The van der Waals surface area contributed by atoms with Crippen LogP contribution in [-0.4, -0.2) is 17.9 Å². The van der Waals surface area contributed by atoms with Gasteiger partial charge in [-0.1, -0.05) is 61.2 Å². The number of carbonyl (C=O) groups excluding carboxylic acids is 2. The summed E-state index contributed by atoms with van der Waals surface area (Å²) >= 11 is 6.12. The number of nitrogens with one attached hydrogen (secondary N) is 2. The first-order valence-corrected chi connectivity index (χ1v) is 9.44. The molecule has 2 amide bonds. The van der Waals surface area contributed by atoms with E-state index in [2.05, 4.69) is 10.6 Å². The molecule has 1 fully saturated rings. The van der Waals surface area contributed by atoms with Gasteiger partial charge in [-0.05, 0) is 36.6 Å². The van der Waals surface area contributed by atoms with Crippen LogP contribution in [0.4, 0.5) is 5.69 Å². The van der Waals surface area contributed by atoms with Crippen molar-refractivity contribution in [3.63, 3.8) is 0 Å². The quantitative estimate of drug-likeness (QED) is 0.809. The Bertz CT molecular complexity index is 785. The summed E-state index contributed by atoms with van der Waals surface area (Å²) in [5, 5.41) is 6.50. The van der Waals surface area contributed by atoms with Crippen LogP contribution >= 0.6 is 11.6 Å². The van der Waals surface area contributed by atoms with Crippen molar-refractivity contribution >= 4 is 29.1 Å². The first-order chi connectivity index (χ1) is 12.6. The van der Waals surface area contributed by atoms with Crippen LogP contribution in [0.25, 0.3) is 0 Å². The van der Waals surface area contributed by atoms with Crippen molar-refractivity contribution in [2.75, 3.05) is 5.32 Å². The molecule has 26 heavy (non-hydrogen) atoms. The lowest BCUT2D eigenvalue weighted by atomic mass is 9.95. The van der Waals surface area contributed by atoms with Gasteiger partial charge in [-0.3, -0.25) is 9.59 Å². The van der Waals surface area contributed by atoms with Crippen LogP contribution in [0.1, 0.15) is 48.0 Å². The standard InChI is InChI=1S/C21H23ClN2O2/c22-18-12-6-4-8-15(18)14-20(25)24-19-13-7-5-11-17(19)21(26)23-16-9-2-1-3-10-16/h4-8,11-13,16H,1-3,9-10,14H2,(H,23,26)(H,24,25). The summed E-state index contributed by atoms with van der Waals surface area (Å²) in [6.07, 6.45) is 5.75. The molecule has 0 unspecified atom stereocenters. The van der Waals surface area contributed by atoms with Crippen LogP contribution < -0.4 is 10.6 Å². The maximum atomic E-state index is 12.6. The minimum atomic E-state index is -0.198. The Morgan fingerprint density at radius 2 is 1.65 bits per heavy atom. The van der Waals surface area contributed by atoms with Gasteiger partial charge in [-0.15, -0.1) is 0 Å². The third-order valence-corrected chi connectivity index (χ3v) is 5.06. The van der Waals surface area contributed by atoms with Crippen molar-refractivity contribution in [1.82, 2.24) is 5.32 Å². The number of amides is 2. The van der Waals surface area contributed by atoms with E-state index in [9.17, 15) is 9.59 Å². The van der Waals surface area contributed by atoms with E-state index >= 15 is 0 Å². The highest BCUT2D eigenvalue weighted by molar-refractivity contribution is 6.31. The van der Waals surface area contributed by atoms with Crippen molar-refractivity contribution in [2.24, 2.45) is 0 Å². The molecule has 2 N–H and O–H groups in total. The van der Waals surface area contributed by atoms with E-state index in [0.29, 0.717) is 16.3 Å². The van der Waals surface area contributed by atoms with E-state index < -0.39 is 0 Å². The van der Waals surface area contributed by atoms with Gasteiger partial charge in [0.1, 0.15) is 0 Å². The average molecular weight is 371 g/mol. The zero-order valence-corrected chi connectivity index (χ0v) is 15.4. The third-order valence-electron chi connectivity index (χ3n) is 4.70. The number of halogens is 1. The van der Waals surface area contributed by atoms with E-state index in [4.69, 9.17) is 11.6 Å². The monoisotopic (exact) mass is 370 g/mol. The highest BCUT2D eigenvalue weighted by Gasteiger charge is 2.19. The van der Waals surface area contributed by atoms with Gasteiger partial charge in [0, 0.05) is 11.1 Å². The number of hydrogen-bond donors (Lipinski definition) is 2. The largest absolute Gasteiger partial charge is 0.349 e. The molecular formula is C21H23ClN2O2. The number of para-hydroxylation sites is 1. The van der Waals surface area contributed by atoms with Crippen LogP contribution in [0.5, 0.6) is 0 Å². The molecule has 2 aromatic carbocycles. The number of benzene rings is 2. The topological polar surface area (TPSA) is 58.2 Å². The van der Waals surface area contributed by atoms with Crippen molar-refractivity contribution in [1.29, 1.82) is 0 Å². The van der Waals surface area contributed by atoms with Crippen LogP contribution in [0.3, 0.4) is 0 Å². The van der Waals surface area contributed by atoms with Gasteiger partial charge in [-0.25, -0.2) is 0 Å². The zero-order chi connectivity index (χ0) is 18.4. The molecule has 0 atom stereocenters. The molecule has 1 aliphatic carbocycles. The molecule has 2 aromatic rings. The lowest BCUT2D eigenvalue weighted by Crippen LogP contribution is -2.36. The van der Waals surface area contributed by atoms with Crippen molar-refractivity contribution in [2.45, 2.75) is 44.6 Å². The van der Waals surface area contributed by atoms with Gasteiger partial charge >= 0.3 is 0 Å². The van der Waals surface area contributed by atoms with Gasteiger partial charge in [-0.2, -0.15) is 0 Å². The molecule has 3 rings (SSSR count). The van der Waals surface area contributed by atoms with Crippen molar-refractivity contribution < 1.29 is 9.59 Å². The smallest absolute Gasteiger partial charge is 0.253 e. The number of carbonyl (C=O) groups is 2. The molecule has 136 valence electrons. The van der Waals surface area contributed by atoms with E-state index in [1.165, 1.54) is 6.42 Å². The normalized spacial score (nSPS) is 14.7. The predicted octanol–water partition coefficient (Wildman–Crippen LogP) is 4.58. The van der Waals surface area contributed by atoms with Gasteiger partial charge in [0.25, 0.3) is 5.91 Å². The maximum absolute atomic E-state index is 12.6. The summed E-state index contributed by atoms with van der Waals surface area (Å²) in [5.41, 5.74) is 1.78. The molecule has 0 bridgehead atoms. The summed E-state index contributed by atoms with van der Waals surface area (Å²) in [5.74, 6) is -0.332. The average Bonchev–Trinajstić information content (AvgIpc) is 2.65. The van der Waals surface area contributed by atoms with Crippen LogP contribution in [0, 0.1) is 0 Å². The minimum absolute atomic E-state index is 0.134. The minimum Gasteiger partial charge on any atom is -0.349 e. The molecular weight excluding hydrogens is 348 g/mol. The van der Waals surface area contributed by atoms with Gasteiger partial charge in [0.2, 0.25) is 5.91 Å². The lowest BCUT2D eigenvalue weighted by molar-refractivity contribution is -0.115. The second-order valence-electron chi connectivity index (χ2n) is 6.67. The molecule has 0 heterocycles. The zero-order valence-electron chi connectivity index (χ0n) is 14.6. The van der Waals surface area contributed by atoms with Crippen LogP contribution in [-0.2, 0) is 11.2 Å². The molecule has 0 aromatic heterocycles. The Morgan fingerprint density at radius 1 is 0.962 bits per heavy atom. The predicted molar refractivity (Wildman–Crippen MR) is 105 cm³/mol. The Hall–Kier alpha value is -2.33. The van der Waals surface area contributed by atoms with Gasteiger partial charge in [0.05, 0.1) is 17.7 Å². The Balaban J connectivity index is 1.67. The second-order valence-corrected chi connectivity index (χ2v) is 7.08. The molecule has 1 saturated carbocycles.